The van der Waals surface area contributed by atoms with Crippen molar-refractivity contribution < 1.29 is 52.9 Å². The molecule has 2 aliphatic heterocycles. The number of nitrogens with zero attached hydrogens (tertiary/aromatic N) is 3. The molecule has 2 aromatic rings. The number of likely N-dealkylation sites (tertiary alicyclic amines) is 1. The molecule has 2 aliphatic rings. The number of carbonyl (C=O) groups excluding carboxylic acids is 8. The molecule has 0 unspecified atom stereocenters. The Morgan fingerprint density at radius 3 is 2.08 bits per heavy atom. The molecule has 8 amide bonds. The van der Waals surface area contributed by atoms with Crippen LogP contribution in [0, 0.1) is 41.4 Å². The molecule has 0 saturated carbocycles. The number of thiazole rings is 1. The van der Waals surface area contributed by atoms with Crippen LogP contribution in [0.25, 0.3) is 10.4 Å². The first-order valence-electron chi connectivity index (χ1n) is 25.1. The van der Waals surface area contributed by atoms with Crippen molar-refractivity contribution in [2.75, 3.05) is 39.5 Å². The molecule has 1 aromatic heterocycles. The third-order valence-electron chi connectivity index (χ3n) is 12.5. The summed E-state index contributed by atoms with van der Waals surface area (Å²) >= 11 is 1.55. The van der Waals surface area contributed by atoms with Gasteiger partial charge in [0, 0.05) is 44.8 Å². The summed E-state index contributed by atoms with van der Waals surface area (Å²) in [6.07, 6.45) is -0.0518. The van der Waals surface area contributed by atoms with Crippen LogP contribution in [0.15, 0.2) is 29.8 Å². The van der Waals surface area contributed by atoms with Crippen LogP contribution in [-0.4, -0.2) is 144 Å². The second kappa shape index (κ2) is 28.4. The quantitative estimate of drug-likeness (QED) is 0.0593. The van der Waals surface area contributed by atoms with Crippen LogP contribution in [0.1, 0.15) is 105 Å². The largest absolute Gasteiger partial charge is 0.391 e. The number of rotatable bonds is 27. The maximum absolute atomic E-state index is 14.0. The maximum atomic E-state index is 14.0. The summed E-state index contributed by atoms with van der Waals surface area (Å²) in [5.41, 5.74) is 3.89. The number of nitriles is 1. The first kappa shape index (κ1) is 59.5. The lowest BCUT2D eigenvalue weighted by Crippen LogP contribution is -2.58. The number of amides is 8. The van der Waals surface area contributed by atoms with Gasteiger partial charge in [-0.3, -0.25) is 38.4 Å². The molecule has 0 aliphatic carbocycles. The van der Waals surface area contributed by atoms with Crippen molar-refractivity contribution in [3.63, 3.8) is 0 Å². The minimum Gasteiger partial charge on any atom is -0.391 e. The zero-order chi connectivity index (χ0) is 54.0. The van der Waals surface area contributed by atoms with Gasteiger partial charge < -0.3 is 56.7 Å². The minimum atomic E-state index is -1.06. The maximum Gasteiger partial charge on any atom is 0.246 e. The van der Waals surface area contributed by atoms with Crippen LogP contribution in [0.2, 0.25) is 0 Å². The Labute approximate surface area is 432 Å². The highest BCUT2D eigenvalue weighted by Crippen LogP contribution is 2.28. The molecule has 73 heavy (non-hydrogen) atoms. The fourth-order valence-electron chi connectivity index (χ4n) is 8.39. The summed E-state index contributed by atoms with van der Waals surface area (Å²) in [6, 6.07) is 3.85. The van der Waals surface area contributed by atoms with Gasteiger partial charge in [-0.05, 0) is 61.5 Å². The third kappa shape index (κ3) is 18.8. The van der Waals surface area contributed by atoms with Gasteiger partial charge in [0.05, 0.1) is 54.7 Å². The van der Waals surface area contributed by atoms with Gasteiger partial charge in [0.15, 0.2) is 0 Å². The molecule has 1 aromatic carbocycles. The highest BCUT2D eigenvalue weighted by molar-refractivity contribution is 7.13. The standard InChI is InChI=1S/C51H76N10O11S/c1-29(2)22-38(47(67)57-36(25-52)23-35-14-17-53-46(35)66)58-49(69)42(30(3)4)60-45(65)32(6)56-40(63)15-18-71-20-21-72-19-16-41(64)59-44(51(7,8)9)50(70)61-27-37(62)24-39(61)48(68)54-26-33-10-12-34(13-11-33)43-31(5)55-28-73-43/h10-13,28-30,32,35-39,42,44,62H,14-24,26-27H2,1-9H3,(H,53,66)(H,54,68)(H,56,63)(H,57,67)(H,58,69)(H,59,64)(H,60,65)/t32-,35-,36-,37+,38-,39-,42-,44+/m0/s1. The average molecular weight is 1040 g/mol. The van der Waals surface area contributed by atoms with E-state index in [1.54, 1.807) is 51.5 Å². The van der Waals surface area contributed by atoms with E-state index in [4.69, 9.17) is 9.47 Å². The van der Waals surface area contributed by atoms with Crippen molar-refractivity contribution in [1.29, 1.82) is 5.26 Å². The molecule has 8 N–H and O–H groups in total. The van der Waals surface area contributed by atoms with E-state index in [9.17, 15) is 48.7 Å². The van der Waals surface area contributed by atoms with Crippen LogP contribution in [0.3, 0.4) is 0 Å². The highest BCUT2D eigenvalue weighted by atomic mass is 32.1. The van der Waals surface area contributed by atoms with Gasteiger partial charge in [0.2, 0.25) is 47.3 Å². The lowest BCUT2D eigenvalue weighted by Gasteiger charge is -2.35. The van der Waals surface area contributed by atoms with Crippen molar-refractivity contribution in [2.45, 2.75) is 150 Å². The monoisotopic (exact) mass is 1040 g/mol. The van der Waals surface area contributed by atoms with E-state index in [0.717, 1.165) is 21.7 Å². The molecule has 21 nitrogen and oxygen atoms in total. The summed E-state index contributed by atoms with van der Waals surface area (Å²) in [5, 5.41) is 39.3. The van der Waals surface area contributed by atoms with Crippen LogP contribution < -0.4 is 37.2 Å². The Balaban J connectivity index is 1.14. The van der Waals surface area contributed by atoms with Crippen LogP contribution in [0.4, 0.5) is 0 Å². The number of ether oxygens (including phenoxy) is 2. The Morgan fingerprint density at radius 1 is 0.890 bits per heavy atom. The van der Waals surface area contributed by atoms with Crippen LogP contribution in [0.5, 0.6) is 0 Å². The number of β-amino-alcohol motifs (C(OH)–C–C–N with tert-alkyl or cyclic N) is 1. The number of benzene rings is 1. The van der Waals surface area contributed by atoms with Crippen molar-refractivity contribution >= 4 is 58.6 Å². The normalized spacial score (nSPS) is 18.7. The molecular weight excluding hydrogens is 961 g/mol. The molecule has 22 heteroatoms. The number of aliphatic hydroxyl groups excluding tert-OH is 1. The molecule has 402 valence electrons. The molecular formula is C51H76N10O11S. The number of nitrogens with one attached hydrogen (secondary N) is 7. The number of aryl methyl sites for hydroxylation is 1. The lowest BCUT2D eigenvalue weighted by atomic mass is 9.85. The summed E-state index contributed by atoms with van der Waals surface area (Å²) in [5.74, 6) is -4.60. The summed E-state index contributed by atoms with van der Waals surface area (Å²) in [7, 11) is 0. The van der Waals surface area contributed by atoms with E-state index in [1.165, 1.54) is 11.8 Å². The predicted octanol–water partition coefficient (Wildman–Crippen LogP) is 1.75. The molecule has 3 heterocycles. The number of aromatic nitrogens is 1. The van der Waals surface area contributed by atoms with Crippen molar-refractivity contribution in [3.05, 3.63) is 41.0 Å². The van der Waals surface area contributed by atoms with Gasteiger partial charge in [-0.15, -0.1) is 11.3 Å². The van der Waals surface area contributed by atoms with Gasteiger partial charge in [0.25, 0.3) is 0 Å². The smallest absolute Gasteiger partial charge is 0.246 e. The first-order valence-corrected chi connectivity index (χ1v) is 25.9. The molecule has 8 atom stereocenters. The number of carbonyl (C=O) groups is 8. The van der Waals surface area contributed by atoms with Crippen molar-refractivity contribution in [1.82, 2.24) is 47.1 Å². The fourth-order valence-corrected chi connectivity index (χ4v) is 9.20. The molecule has 2 saturated heterocycles. The van der Waals surface area contributed by atoms with E-state index in [0.29, 0.717) is 13.0 Å². The Kier molecular flexibility index (Phi) is 23.2. The topological polar surface area (TPSA) is 299 Å². The zero-order valence-corrected chi connectivity index (χ0v) is 44.4. The van der Waals surface area contributed by atoms with Crippen molar-refractivity contribution in [2.24, 2.45) is 23.2 Å². The van der Waals surface area contributed by atoms with E-state index in [2.05, 4.69) is 42.2 Å². The number of aliphatic hydroxyl groups is 1. The lowest BCUT2D eigenvalue weighted by molar-refractivity contribution is -0.144. The SMILES string of the molecule is Cc1ncsc1-c1ccc(CNC(=O)[C@@H]2C[C@@H](O)CN2C(=O)[C@@H](NC(=O)CCOCCOCCC(=O)N[C@@H](C)C(=O)N[C@H](C(=O)N[C@@H](CC(C)C)C(=O)N[C@H](C#N)C[C@@H]2CCNC2=O)C(C)C)C(C)(C)C)cc1. The molecule has 4 rings (SSSR count). The van der Waals surface area contributed by atoms with Gasteiger partial charge in [-0.2, -0.15) is 5.26 Å². The second-order valence-corrected chi connectivity index (χ2v) is 21.4. The van der Waals surface area contributed by atoms with Gasteiger partial charge in [-0.1, -0.05) is 72.7 Å². The van der Waals surface area contributed by atoms with E-state index in [1.807, 2.05) is 51.1 Å². The van der Waals surface area contributed by atoms with Gasteiger partial charge in [0.1, 0.15) is 36.3 Å². The molecule has 2 fully saturated rings. The van der Waals surface area contributed by atoms with E-state index < -0.39 is 101 Å². The summed E-state index contributed by atoms with van der Waals surface area (Å²) in [6.45, 7) is 16.9. The Morgan fingerprint density at radius 2 is 1.53 bits per heavy atom. The van der Waals surface area contributed by atoms with Gasteiger partial charge >= 0.3 is 0 Å². The first-order chi connectivity index (χ1) is 34.5. The zero-order valence-electron chi connectivity index (χ0n) is 43.6. The van der Waals surface area contributed by atoms with E-state index in [-0.39, 0.29) is 83.4 Å². The highest BCUT2D eigenvalue weighted by Gasteiger charge is 2.44. The van der Waals surface area contributed by atoms with Crippen LogP contribution >= 0.6 is 11.3 Å². The van der Waals surface area contributed by atoms with E-state index >= 15 is 0 Å². The van der Waals surface area contributed by atoms with Crippen molar-refractivity contribution in [3.8, 4) is 16.5 Å². The predicted molar refractivity (Wildman–Crippen MR) is 272 cm³/mol. The number of hydrogen-bond donors (Lipinski definition) is 8. The molecule has 0 spiro atoms. The second-order valence-electron chi connectivity index (χ2n) is 20.6. The summed E-state index contributed by atoms with van der Waals surface area (Å²) in [4.78, 5) is 112. The third-order valence-corrected chi connectivity index (χ3v) is 13.5. The average Bonchev–Trinajstić information content (AvgIpc) is 4.07. The summed E-state index contributed by atoms with van der Waals surface area (Å²) < 4.78 is 11.1. The Hall–Kier alpha value is -6.02. The fraction of sp³-hybridized carbons (Fsp3) is 0.647. The van der Waals surface area contributed by atoms with Crippen LogP contribution in [-0.2, 0) is 54.4 Å². The minimum absolute atomic E-state index is 0.00135. The number of hydrogen-bond acceptors (Lipinski definition) is 14. The molecule has 0 bridgehead atoms. The Bertz CT molecular complexity index is 2260. The molecule has 0 radical (unpaired) electrons. The van der Waals surface area contributed by atoms with Gasteiger partial charge in [-0.25, -0.2) is 4.98 Å².